The Hall–Kier alpha value is -0.960. The smallest absolute Gasteiger partial charge is 0.130 e. The molecule has 1 aliphatic carbocycles. The quantitative estimate of drug-likeness (QED) is 0.758. The van der Waals surface area contributed by atoms with Gasteiger partial charge in [-0.25, -0.2) is 9.97 Å². The predicted molar refractivity (Wildman–Crippen MR) is 49.4 cm³/mol. The van der Waals surface area contributed by atoms with Crippen molar-refractivity contribution in [2.75, 3.05) is 6.61 Å². The van der Waals surface area contributed by atoms with Crippen LogP contribution in [0.25, 0.3) is 0 Å². The molecule has 0 saturated heterocycles. The van der Waals surface area contributed by atoms with Crippen LogP contribution in [-0.2, 0) is 6.42 Å². The second-order valence-corrected chi connectivity index (χ2v) is 3.50. The van der Waals surface area contributed by atoms with E-state index in [1.54, 1.807) is 6.20 Å². The van der Waals surface area contributed by atoms with Crippen LogP contribution in [0.3, 0.4) is 0 Å². The van der Waals surface area contributed by atoms with E-state index in [2.05, 4.69) is 9.97 Å². The van der Waals surface area contributed by atoms with Crippen molar-refractivity contribution in [1.29, 1.82) is 0 Å². The van der Waals surface area contributed by atoms with Crippen molar-refractivity contribution in [1.82, 2.24) is 9.97 Å². The molecule has 0 bridgehead atoms. The lowest BCUT2D eigenvalue weighted by atomic mass is 9.83. The third-order valence-corrected chi connectivity index (χ3v) is 2.59. The van der Waals surface area contributed by atoms with Crippen molar-refractivity contribution in [2.24, 2.45) is 0 Å². The summed E-state index contributed by atoms with van der Waals surface area (Å²) in [5, 5.41) is 8.74. The first-order valence-corrected chi connectivity index (χ1v) is 4.83. The molecule has 0 aliphatic heterocycles. The molecule has 1 N–H and O–H groups in total. The molecule has 0 amide bonds. The zero-order valence-corrected chi connectivity index (χ0v) is 7.61. The third-order valence-electron chi connectivity index (χ3n) is 2.59. The van der Waals surface area contributed by atoms with E-state index in [1.807, 2.05) is 6.07 Å². The maximum Gasteiger partial charge on any atom is 0.130 e. The summed E-state index contributed by atoms with van der Waals surface area (Å²) >= 11 is 0. The minimum absolute atomic E-state index is 0.133. The van der Waals surface area contributed by atoms with Gasteiger partial charge in [-0.15, -0.1) is 0 Å². The zero-order valence-electron chi connectivity index (χ0n) is 7.61. The lowest BCUT2D eigenvalue weighted by Gasteiger charge is -2.24. The SMILES string of the molecule is OCCc1nccc(C2CCC2)n1. The van der Waals surface area contributed by atoms with Crippen LogP contribution in [0.5, 0.6) is 0 Å². The van der Waals surface area contributed by atoms with Gasteiger partial charge in [-0.1, -0.05) is 6.42 Å². The third kappa shape index (κ3) is 1.86. The fraction of sp³-hybridized carbons (Fsp3) is 0.600. The van der Waals surface area contributed by atoms with Crippen molar-refractivity contribution in [2.45, 2.75) is 31.6 Å². The van der Waals surface area contributed by atoms with Crippen molar-refractivity contribution in [3.05, 3.63) is 23.8 Å². The van der Waals surface area contributed by atoms with Crippen LogP contribution >= 0.6 is 0 Å². The standard InChI is InChI=1S/C10H14N2O/c13-7-5-10-11-6-4-9(12-10)8-2-1-3-8/h4,6,8,13H,1-3,5,7H2. The average Bonchev–Trinajstić information content (AvgIpc) is 2.02. The van der Waals surface area contributed by atoms with Gasteiger partial charge in [-0.3, -0.25) is 0 Å². The number of aliphatic hydroxyl groups excluding tert-OH is 1. The number of rotatable bonds is 3. The normalized spacial score (nSPS) is 17.0. The molecule has 3 nitrogen and oxygen atoms in total. The molecule has 0 unspecified atom stereocenters. The van der Waals surface area contributed by atoms with E-state index in [0.717, 1.165) is 11.5 Å². The Kier molecular flexibility index (Phi) is 2.54. The van der Waals surface area contributed by atoms with E-state index >= 15 is 0 Å². The van der Waals surface area contributed by atoms with Crippen LogP contribution in [0.2, 0.25) is 0 Å². The summed E-state index contributed by atoms with van der Waals surface area (Å²) in [5.74, 6) is 1.42. The van der Waals surface area contributed by atoms with Gasteiger partial charge < -0.3 is 5.11 Å². The van der Waals surface area contributed by atoms with Gasteiger partial charge in [-0.2, -0.15) is 0 Å². The Balaban J connectivity index is 2.11. The summed E-state index contributed by atoms with van der Waals surface area (Å²) in [6.45, 7) is 0.133. The maximum atomic E-state index is 8.74. The molecule has 1 saturated carbocycles. The Morgan fingerprint density at radius 3 is 2.92 bits per heavy atom. The lowest BCUT2D eigenvalue weighted by Crippen LogP contribution is -2.12. The molecule has 0 atom stereocenters. The monoisotopic (exact) mass is 178 g/mol. The molecular weight excluding hydrogens is 164 g/mol. The molecule has 1 heterocycles. The van der Waals surface area contributed by atoms with Crippen LogP contribution in [0.4, 0.5) is 0 Å². The highest BCUT2D eigenvalue weighted by molar-refractivity contribution is 5.11. The molecule has 1 fully saturated rings. The lowest BCUT2D eigenvalue weighted by molar-refractivity contribution is 0.296. The zero-order chi connectivity index (χ0) is 9.10. The topological polar surface area (TPSA) is 46.0 Å². The molecule has 13 heavy (non-hydrogen) atoms. The molecule has 2 rings (SSSR count). The predicted octanol–water partition coefficient (Wildman–Crippen LogP) is 1.28. The first-order valence-electron chi connectivity index (χ1n) is 4.83. The van der Waals surface area contributed by atoms with Gasteiger partial charge in [0.25, 0.3) is 0 Å². The fourth-order valence-corrected chi connectivity index (χ4v) is 1.57. The largest absolute Gasteiger partial charge is 0.396 e. The summed E-state index contributed by atoms with van der Waals surface area (Å²) < 4.78 is 0. The Labute approximate surface area is 77.8 Å². The van der Waals surface area contributed by atoms with Gasteiger partial charge in [0.05, 0.1) is 6.61 Å². The van der Waals surface area contributed by atoms with Crippen molar-refractivity contribution >= 4 is 0 Å². The van der Waals surface area contributed by atoms with Gasteiger partial charge in [0.1, 0.15) is 5.82 Å². The number of aromatic nitrogens is 2. The summed E-state index contributed by atoms with van der Waals surface area (Å²) in [6.07, 6.45) is 6.21. The van der Waals surface area contributed by atoms with Crippen LogP contribution in [0.15, 0.2) is 12.3 Å². The van der Waals surface area contributed by atoms with Crippen molar-refractivity contribution in [3.8, 4) is 0 Å². The van der Waals surface area contributed by atoms with E-state index in [9.17, 15) is 0 Å². The summed E-state index contributed by atoms with van der Waals surface area (Å²) in [7, 11) is 0. The van der Waals surface area contributed by atoms with Gasteiger partial charge in [-0.05, 0) is 18.9 Å². The fourth-order valence-electron chi connectivity index (χ4n) is 1.57. The first kappa shape index (κ1) is 8.63. The average molecular weight is 178 g/mol. The van der Waals surface area contributed by atoms with E-state index in [4.69, 9.17) is 5.11 Å². The maximum absolute atomic E-state index is 8.74. The molecule has 1 aromatic rings. The van der Waals surface area contributed by atoms with Crippen molar-refractivity contribution < 1.29 is 5.11 Å². The molecule has 3 heteroatoms. The van der Waals surface area contributed by atoms with E-state index in [0.29, 0.717) is 12.3 Å². The molecular formula is C10H14N2O. The molecule has 1 aromatic heterocycles. The Morgan fingerprint density at radius 2 is 2.31 bits per heavy atom. The molecule has 1 aliphatic rings. The second kappa shape index (κ2) is 3.83. The Morgan fingerprint density at radius 1 is 1.46 bits per heavy atom. The van der Waals surface area contributed by atoms with Gasteiger partial charge in [0.15, 0.2) is 0 Å². The summed E-state index contributed by atoms with van der Waals surface area (Å²) in [4.78, 5) is 8.51. The number of aliphatic hydroxyl groups is 1. The molecule has 70 valence electrons. The van der Waals surface area contributed by atoms with Crippen LogP contribution in [0, 0.1) is 0 Å². The Bertz CT molecular complexity index is 284. The molecule has 0 radical (unpaired) electrons. The van der Waals surface area contributed by atoms with E-state index in [1.165, 1.54) is 19.3 Å². The van der Waals surface area contributed by atoms with Crippen LogP contribution < -0.4 is 0 Å². The van der Waals surface area contributed by atoms with Crippen molar-refractivity contribution in [3.63, 3.8) is 0 Å². The summed E-state index contributed by atoms with van der Waals surface area (Å²) in [6, 6.07) is 1.99. The summed E-state index contributed by atoms with van der Waals surface area (Å²) in [5.41, 5.74) is 1.16. The molecule has 0 spiro atoms. The van der Waals surface area contributed by atoms with Crippen LogP contribution in [-0.4, -0.2) is 21.7 Å². The molecule has 0 aromatic carbocycles. The van der Waals surface area contributed by atoms with Gasteiger partial charge in [0.2, 0.25) is 0 Å². The minimum Gasteiger partial charge on any atom is -0.396 e. The minimum atomic E-state index is 0.133. The van der Waals surface area contributed by atoms with Crippen LogP contribution in [0.1, 0.15) is 36.7 Å². The van der Waals surface area contributed by atoms with E-state index in [-0.39, 0.29) is 6.61 Å². The highest BCUT2D eigenvalue weighted by Gasteiger charge is 2.20. The second-order valence-electron chi connectivity index (χ2n) is 3.50. The van der Waals surface area contributed by atoms with E-state index < -0.39 is 0 Å². The van der Waals surface area contributed by atoms with Gasteiger partial charge in [0, 0.05) is 24.2 Å². The number of hydrogen-bond acceptors (Lipinski definition) is 3. The first-order chi connectivity index (χ1) is 6.40. The highest BCUT2D eigenvalue weighted by atomic mass is 16.3. The van der Waals surface area contributed by atoms with Gasteiger partial charge >= 0.3 is 0 Å². The number of hydrogen-bond donors (Lipinski definition) is 1. The number of nitrogens with zero attached hydrogens (tertiary/aromatic N) is 2. The highest BCUT2D eigenvalue weighted by Crippen LogP contribution is 2.34.